The normalized spacial score (nSPS) is 11.2. The maximum absolute atomic E-state index is 12.9. The van der Waals surface area contributed by atoms with Gasteiger partial charge in [-0.3, -0.25) is 20.1 Å². The van der Waals surface area contributed by atoms with Gasteiger partial charge in [0.15, 0.2) is 5.78 Å². The number of Topliss-reactive ketones (excluding diaryl/α,β-unsaturated/α-hetero) is 1. The molecule has 208 valence electrons. The van der Waals surface area contributed by atoms with E-state index in [2.05, 4.69) is 20.6 Å². The van der Waals surface area contributed by atoms with E-state index in [4.69, 9.17) is 4.74 Å². The van der Waals surface area contributed by atoms with Crippen LogP contribution in [0.5, 0.6) is 0 Å². The van der Waals surface area contributed by atoms with E-state index in [9.17, 15) is 14.4 Å². The number of amides is 3. The number of hydrogen-bond acceptors (Lipinski definition) is 8. The second-order valence-electron chi connectivity index (χ2n) is 10.3. The lowest BCUT2D eigenvalue weighted by molar-refractivity contribution is 0.0635. The Balaban J connectivity index is 1.61. The minimum atomic E-state index is -0.621. The van der Waals surface area contributed by atoms with Crippen LogP contribution in [0.15, 0.2) is 53.5 Å². The fraction of sp³-hybridized carbons (Fsp3) is 0.393. The average molecular weight is 553 g/mol. The quantitative estimate of drug-likeness (QED) is 0.334. The molecule has 0 fully saturated rings. The summed E-state index contributed by atoms with van der Waals surface area (Å²) in [6.45, 7) is 7.26. The molecular weight excluding hydrogens is 516 g/mol. The lowest BCUT2D eigenvalue weighted by Gasteiger charge is -2.24. The zero-order chi connectivity index (χ0) is 28.4. The lowest BCUT2D eigenvalue weighted by atomic mass is 10.1. The van der Waals surface area contributed by atoms with E-state index in [1.54, 1.807) is 49.5 Å². The highest BCUT2D eigenvalue weighted by Crippen LogP contribution is 2.23. The third kappa shape index (κ3) is 10.1. The summed E-state index contributed by atoms with van der Waals surface area (Å²) in [5.74, 6) is -0.176. The molecule has 0 saturated heterocycles. The molecule has 3 rings (SSSR count). The first kappa shape index (κ1) is 29.7. The van der Waals surface area contributed by atoms with E-state index in [-0.39, 0.29) is 18.2 Å². The van der Waals surface area contributed by atoms with E-state index in [0.717, 1.165) is 11.3 Å². The van der Waals surface area contributed by atoms with Gasteiger partial charge in [-0.2, -0.15) is 0 Å². The molecule has 11 heteroatoms. The highest BCUT2D eigenvalue weighted by atomic mass is 32.1. The number of aromatic nitrogens is 2. The van der Waals surface area contributed by atoms with Crippen LogP contribution in [0.4, 0.5) is 15.3 Å². The van der Waals surface area contributed by atoms with Crippen LogP contribution >= 0.6 is 11.3 Å². The number of ether oxygens (including phenoxy) is 1. The third-order valence-corrected chi connectivity index (χ3v) is 6.26. The van der Waals surface area contributed by atoms with Crippen molar-refractivity contribution in [3.63, 3.8) is 0 Å². The van der Waals surface area contributed by atoms with Crippen LogP contribution in [0, 0.1) is 0 Å². The van der Waals surface area contributed by atoms with Gasteiger partial charge in [-0.25, -0.2) is 9.59 Å². The van der Waals surface area contributed by atoms with Crippen LogP contribution in [0.25, 0.3) is 0 Å². The van der Waals surface area contributed by atoms with Crippen molar-refractivity contribution >= 4 is 34.9 Å². The highest BCUT2D eigenvalue weighted by molar-refractivity contribution is 7.08. The predicted octanol–water partition coefficient (Wildman–Crippen LogP) is 4.58. The van der Waals surface area contributed by atoms with Gasteiger partial charge in [0, 0.05) is 43.8 Å². The van der Waals surface area contributed by atoms with Gasteiger partial charge in [0.1, 0.15) is 11.3 Å². The van der Waals surface area contributed by atoms with Crippen molar-refractivity contribution in [2.45, 2.75) is 45.9 Å². The van der Waals surface area contributed by atoms with Crippen LogP contribution in [-0.2, 0) is 24.2 Å². The van der Waals surface area contributed by atoms with E-state index in [1.165, 1.54) is 11.3 Å². The first-order valence-electron chi connectivity index (χ1n) is 12.6. The van der Waals surface area contributed by atoms with E-state index in [0.29, 0.717) is 43.1 Å². The topological polar surface area (TPSA) is 117 Å². The molecule has 2 N–H and O–H groups in total. The fourth-order valence-corrected chi connectivity index (χ4v) is 4.29. The number of likely N-dealkylation sites (N-methyl/N-ethyl adjacent to an activating group) is 1. The summed E-state index contributed by atoms with van der Waals surface area (Å²) in [7, 11) is 3.90. The van der Waals surface area contributed by atoms with Crippen LogP contribution in [0.1, 0.15) is 48.1 Å². The molecule has 0 spiro atoms. The molecule has 0 saturated carbocycles. The summed E-state index contributed by atoms with van der Waals surface area (Å²) >= 11 is 1.39. The van der Waals surface area contributed by atoms with E-state index >= 15 is 0 Å². The van der Waals surface area contributed by atoms with Crippen molar-refractivity contribution in [3.05, 3.63) is 76.0 Å². The maximum Gasteiger partial charge on any atom is 0.412 e. The predicted molar refractivity (Wildman–Crippen MR) is 152 cm³/mol. The lowest BCUT2D eigenvalue weighted by Crippen LogP contribution is -2.42. The minimum absolute atomic E-state index is 0.0892. The Labute approximate surface area is 233 Å². The first-order valence-corrected chi connectivity index (χ1v) is 13.5. The molecule has 10 nitrogen and oxygen atoms in total. The third-order valence-electron chi connectivity index (χ3n) is 5.46. The Kier molecular flexibility index (Phi) is 10.5. The van der Waals surface area contributed by atoms with Gasteiger partial charge < -0.3 is 19.9 Å². The summed E-state index contributed by atoms with van der Waals surface area (Å²) in [4.78, 5) is 50.3. The fourth-order valence-electron chi connectivity index (χ4n) is 3.50. The Morgan fingerprint density at radius 2 is 1.82 bits per heavy atom. The molecule has 0 unspecified atom stereocenters. The van der Waals surface area contributed by atoms with Crippen molar-refractivity contribution in [1.82, 2.24) is 25.1 Å². The number of thiophene rings is 1. The standard InChI is InChI=1S/C28H36N6O4S/c1-28(2,3)38-27(37)32-24-19-39-18-21(24)14-25(35)23-10-9-20(15-30-23)17-34(13-12-33(4)5)26(36)31-16-22-8-6-7-11-29-22/h6-11,15,18-19H,12-14,16-17H2,1-5H3,(H,31,36)(H,32,37). The van der Waals surface area contributed by atoms with Gasteiger partial charge in [-0.15, -0.1) is 11.3 Å². The van der Waals surface area contributed by atoms with Gasteiger partial charge >= 0.3 is 12.1 Å². The van der Waals surface area contributed by atoms with Crippen LogP contribution in [0.2, 0.25) is 0 Å². The zero-order valence-electron chi connectivity index (χ0n) is 23.1. The van der Waals surface area contributed by atoms with Crippen molar-refractivity contribution in [3.8, 4) is 0 Å². The summed E-state index contributed by atoms with van der Waals surface area (Å²) < 4.78 is 5.30. The molecular formula is C28H36N6O4S. The van der Waals surface area contributed by atoms with Crippen LogP contribution in [0.3, 0.4) is 0 Å². The zero-order valence-corrected chi connectivity index (χ0v) is 23.9. The van der Waals surface area contributed by atoms with E-state index < -0.39 is 11.7 Å². The number of nitrogens with zero attached hydrogens (tertiary/aromatic N) is 4. The van der Waals surface area contributed by atoms with Crippen LogP contribution < -0.4 is 10.6 Å². The monoisotopic (exact) mass is 552 g/mol. The molecule has 0 atom stereocenters. The molecule has 0 bridgehead atoms. The van der Waals surface area contributed by atoms with Gasteiger partial charge in [0.25, 0.3) is 0 Å². The minimum Gasteiger partial charge on any atom is -0.444 e. The van der Waals surface area contributed by atoms with Crippen molar-refractivity contribution in [2.24, 2.45) is 0 Å². The number of carbonyl (C=O) groups excluding carboxylic acids is 3. The van der Waals surface area contributed by atoms with Crippen LogP contribution in [-0.4, -0.2) is 70.5 Å². The molecule has 0 aliphatic rings. The van der Waals surface area contributed by atoms with E-state index in [1.807, 2.05) is 48.6 Å². The Hall–Kier alpha value is -3.83. The molecule has 0 aromatic carbocycles. The summed E-state index contributed by atoms with van der Waals surface area (Å²) in [6, 6.07) is 8.84. The van der Waals surface area contributed by atoms with Gasteiger partial charge in [0.2, 0.25) is 0 Å². The van der Waals surface area contributed by atoms with Crippen molar-refractivity contribution in [2.75, 3.05) is 32.5 Å². The number of nitrogens with one attached hydrogen (secondary N) is 2. The summed E-state index contributed by atoms with van der Waals surface area (Å²) in [6.07, 6.45) is 2.83. The second-order valence-corrected chi connectivity index (χ2v) is 11.0. The Morgan fingerprint density at radius 3 is 2.46 bits per heavy atom. The van der Waals surface area contributed by atoms with Crippen molar-refractivity contribution in [1.29, 1.82) is 0 Å². The molecule has 3 aromatic heterocycles. The number of carbonyl (C=O) groups is 3. The molecule has 0 aliphatic carbocycles. The summed E-state index contributed by atoms with van der Waals surface area (Å²) in [5.41, 5.74) is 2.52. The highest BCUT2D eigenvalue weighted by Gasteiger charge is 2.19. The SMILES string of the molecule is CN(C)CCN(Cc1ccc(C(=O)Cc2cscc2NC(=O)OC(C)(C)C)nc1)C(=O)NCc1ccccn1. The molecule has 3 aromatic rings. The largest absolute Gasteiger partial charge is 0.444 e. The summed E-state index contributed by atoms with van der Waals surface area (Å²) in [5, 5.41) is 9.23. The number of hydrogen-bond donors (Lipinski definition) is 2. The molecule has 39 heavy (non-hydrogen) atoms. The molecule has 3 amide bonds. The van der Waals surface area contributed by atoms with Gasteiger partial charge in [0.05, 0.1) is 17.9 Å². The van der Waals surface area contributed by atoms with Crippen molar-refractivity contribution < 1.29 is 19.1 Å². The maximum atomic E-state index is 12.9. The molecule has 0 aliphatic heterocycles. The number of urea groups is 1. The first-order chi connectivity index (χ1) is 18.5. The Morgan fingerprint density at radius 1 is 1.03 bits per heavy atom. The molecule has 0 radical (unpaired) electrons. The average Bonchev–Trinajstić information content (AvgIpc) is 3.30. The molecule has 3 heterocycles. The number of anilines is 1. The number of rotatable bonds is 11. The van der Waals surface area contributed by atoms with Gasteiger partial charge in [-0.05, 0) is 69.6 Å². The second kappa shape index (κ2) is 13.8. The number of pyridine rings is 2. The Bertz CT molecular complexity index is 1240. The number of ketones is 1. The van der Waals surface area contributed by atoms with Gasteiger partial charge in [-0.1, -0.05) is 12.1 Å². The smallest absolute Gasteiger partial charge is 0.412 e.